The predicted octanol–water partition coefficient (Wildman–Crippen LogP) is 1.15. The number of ether oxygens (including phenoxy) is 1. The van der Waals surface area contributed by atoms with Crippen LogP contribution in [0.25, 0.3) is 0 Å². The first kappa shape index (κ1) is 17.3. The van der Waals surface area contributed by atoms with E-state index in [0.717, 1.165) is 32.5 Å². The Morgan fingerprint density at radius 1 is 1.35 bits per heavy atom. The minimum absolute atomic E-state index is 0.134. The van der Waals surface area contributed by atoms with Crippen LogP contribution in [0.4, 0.5) is 0 Å². The molecule has 1 aliphatic heterocycles. The lowest BCUT2D eigenvalue weighted by atomic mass is 10.2. The Hall–Kier alpha value is -2.08. The SMILES string of the molecule is CCCN(C(=O)CCOc1ccc(C(N)=O)cc1)C1CCNC1. The fraction of sp³-hybridized carbons (Fsp3) is 0.529. The topological polar surface area (TPSA) is 84.7 Å². The highest BCUT2D eigenvalue weighted by atomic mass is 16.5. The van der Waals surface area contributed by atoms with Crippen molar-refractivity contribution in [1.29, 1.82) is 0 Å². The molecule has 23 heavy (non-hydrogen) atoms. The second-order valence-electron chi connectivity index (χ2n) is 5.72. The minimum atomic E-state index is -0.466. The lowest BCUT2D eigenvalue weighted by Gasteiger charge is -2.28. The number of hydrogen-bond donors (Lipinski definition) is 2. The Labute approximate surface area is 137 Å². The van der Waals surface area contributed by atoms with E-state index in [0.29, 0.717) is 30.4 Å². The fourth-order valence-electron chi connectivity index (χ4n) is 2.77. The summed E-state index contributed by atoms with van der Waals surface area (Å²) < 4.78 is 5.59. The molecule has 1 aliphatic rings. The number of primary amides is 1. The second-order valence-corrected chi connectivity index (χ2v) is 5.72. The van der Waals surface area contributed by atoms with E-state index in [-0.39, 0.29) is 5.91 Å². The Kier molecular flexibility index (Phi) is 6.40. The van der Waals surface area contributed by atoms with E-state index in [2.05, 4.69) is 12.2 Å². The van der Waals surface area contributed by atoms with Crippen LogP contribution >= 0.6 is 0 Å². The Morgan fingerprint density at radius 2 is 2.09 bits per heavy atom. The molecule has 1 atom stereocenters. The third-order valence-corrected chi connectivity index (χ3v) is 3.98. The van der Waals surface area contributed by atoms with Gasteiger partial charge < -0.3 is 20.7 Å². The van der Waals surface area contributed by atoms with Crippen molar-refractivity contribution in [2.24, 2.45) is 5.73 Å². The van der Waals surface area contributed by atoms with Crippen molar-refractivity contribution in [2.75, 3.05) is 26.2 Å². The minimum Gasteiger partial charge on any atom is -0.493 e. The molecular weight excluding hydrogens is 294 g/mol. The van der Waals surface area contributed by atoms with Crippen LogP contribution in [0.15, 0.2) is 24.3 Å². The van der Waals surface area contributed by atoms with Crippen LogP contribution in [0.5, 0.6) is 5.75 Å². The lowest BCUT2D eigenvalue weighted by Crippen LogP contribution is -2.42. The Bertz CT molecular complexity index is 524. The lowest BCUT2D eigenvalue weighted by molar-refractivity contribution is -0.133. The number of amides is 2. The molecule has 1 fully saturated rings. The van der Waals surface area contributed by atoms with Crippen LogP contribution in [0.2, 0.25) is 0 Å². The van der Waals surface area contributed by atoms with Gasteiger partial charge in [-0.15, -0.1) is 0 Å². The van der Waals surface area contributed by atoms with Crippen molar-refractivity contribution in [3.63, 3.8) is 0 Å². The molecule has 0 radical (unpaired) electrons. The highest BCUT2D eigenvalue weighted by molar-refractivity contribution is 5.92. The van der Waals surface area contributed by atoms with Crippen LogP contribution < -0.4 is 15.8 Å². The summed E-state index contributed by atoms with van der Waals surface area (Å²) in [4.78, 5) is 25.4. The fourth-order valence-corrected chi connectivity index (χ4v) is 2.77. The highest BCUT2D eigenvalue weighted by Gasteiger charge is 2.25. The molecule has 1 aromatic rings. The number of carbonyl (C=O) groups excluding carboxylic acids is 2. The first-order chi connectivity index (χ1) is 11.1. The number of nitrogens with one attached hydrogen (secondary N) is 1. The van der Waals surface area contributed by atoms with Gasteiger partial charge in [0.2, 0.25) is 11.8 Å². The third-order valence-electron chi connectivity index (χ3n) is 3.98. The van der Waals surface area contributed by atoms with Crippen molar-refractivity contribution in [3.8, 4) is 5.75 Å². The molecule has 2 amide bonds. The quantitative estimate of drug-likeness (QED) is 0.753. The maximum atomic E-state index is 12.4. The number of nitrogens with two attached hydrogens (primary N) is 1. The summed E-state index contributed by atoms with van der Waals surface area (Å²) in [6, 6.07) is 6.92. The van der Waals surface area contributed by atoms with Gasteiger partial charge in [0.05, 0.1) is 13.0 Å². The normalized spacial score (nSPS) is 17.0. The van der Waals surface area contributed by atoms with Crippen LogP contribution in [-0.4, -0.2) is 49.0 Å². The second kappa shape index (κ2) is 8.53. The van der Waals surface area contributed by atoms with Crippen LogP contribution in [0.1, 0.15) is 36.5 Å². The van der Waals surface area contributed by atoms with Gasteiger partial charge in [-0.1, -0.05) is 6.92 Å². The average molecular weight is 319 g/mol. The zero-order valence-corrected chi connectivity index (χ0v) is 13.6. The van der Waals surface area contributed by atoms with Crippen molar-refractivity contribution < 1.29 is 14.3 Å². The summed E-state index contributed by atoms with van der Waals surface area (Å²) >= 11 is 0. The number of benzene rings is 1. The summed E-state index contributed by atoms with van der Waals surface area (Å²) in [6.07, 6.45) is 2.33. The van der Waals surface area contributed by atoms with Crippen molar-refractivity contribution in [3.05, 3.63) is 29.8 Å². The van der Waals surface area contributed by atoms with E-state index in [1.165, 1.54) is 0 Å². The monoisotopic (exact) mass is 319 g/mol. The van der Waals surface area contributed by atoms with Crippen molar-refractivity contribution in [2.45, 2.75) is 32.2 Å². The van der Waals surface area contributed by atoms with Gasteiger partial charge in [-0.05, 0) is 43.7 Å². The van der Waals surface area contributed by atoms with E-state index in [9.17, 15) is 9.59 Å². The molecule has 1 unspecified atom stereocenters. The zero-order chi connectivity index (χ0) is 16.7. The van der Waals surface area contributed by atoms with Crippen LogP contribution in [-0.2, 0) is 4.79 Å². The maximum Gasteiger partial charge on any atom is 0.248 e. The molecule has 2 rings (SSSR count). The molecule has 1 aromatic carbocycles. The predicted molar refractivity (Wildman–Crippen MR) is 88.4 cm³/mol. The van der Waals surface area contributed by atoms with Gasteiger partial charge in [-0.2, -0.15) is 0 Å². The standard InChI is InChI=1S/C17H25N3O3/c1-2-10-20(14-7-9-19-12-14)16(21)8-11-23-15-5-3-13(4-6-15)17(18)22/h3-6,14,19H,2,7-12H2,1H3,(H2,18,22). The van der Waals surface area contributed by atoms with Gasteiger partial charge in [0.1, 0.15) is 5.75 Å². The van der Waals surface area contributed by atoms with E-state index in [1.807, 2.05) is 4.90 Å². The van der Waals surface area contributed by atoms with E-state index in [4.69, 9.17) is 10.5 Å². The smallest absolute Gasteiger partial charge is 0.248 e. The number of nitrogens with zero attached hydrogens (tertiary/aromatic N) is 1. The summed E-state index contributed by atoms with van der Waals surface area (Å²) in [7, 11) is 0. The van der Waals surface area contributed by atoms with E-state index in [1.54, 1.807) is 24.3 Å². The largest absolute Gasteiger partial charge is 0.493 e. The molecular formula is C17H25N3O3. The summed E-state index contributed by atoms with van der Waals surface area (Å²) in [5, 5.41) is 3.30. The maximum absolute atomic E-state index is 12.4. The summed E-state index contributed by atoms with van der Waals surface area (Å²) in [5.74, 6) is 0.300. The van der Waals surface area contributed by atoms with Gasteiger partial charge in [0.25, 0.3) is 0 Å². The molecule has 6 nitrogen and oxygen atoms in total. The van der Waals surface area contributed by atoms with Gasteiger partial charge in [-0.25, -0.2) is 0 Å². The molecule has 0 saturated carbocycles. The van der Waals surface area contributed by atoms with E-state index < -0.39 is 5.91 Å². The third kappa shape index (κ3) is 4.96. The molecule has 1 saturated heterocycles. The number of carbonyl (C=O) groups is 2. The summed E-state index contributed by atoms with van der Waals surface area (Å²) in [6.45, 7) is 5.05. The summed E-state index contributed by atoms with van der Waals surface area (Å²) in [5.41, 5.74) is 5.63. The van der Waals surface area contributed by atoms with Crippen molar-refractivity contribution in [1.82, 2.24) is 10.2 Å². The van der Waals surface area contributed by atoms with Crippen LogP contribution in [0.3, 0.4) is 0 Å². The van der Waals surface area contributed by atoms with Gasteiger partial charge in [-0.3, -0.25) is 9.59 Å². The first-order valence-electron chi connectivity index (χ1n) is 8.14. The van der Waals surface area contributed by atoms with Gasteiger partial charge in [0.15, 0.2) is 0 Å². The van der Waals surface area contributed by atoms with Gasteiger partial charge >= 0.3 is 0 Å². The zero-order valence-electron chi connectivity index (χ0n) is 13.6. The molecule has 1 heterocycles. The van der Waals surface area contributed by atoms with Gasteiger partial charge in [0, 0.05) is 24.7 Å². The Balaban J connectivity index is 1.81. The average Bonchev–Trinajstić information content (AvgIpc) is 3.07. The molecule has 0 aromatic heterocycles. The molecule has 6 heteroatoms. The highest BCUT2D eigenvalue weighted by Crippen LogP contribution is 2.14. The van der Waals surface area contributed by atoms with Crippen LogP contribution in [0, 0.1) is 0 Å². The molecule has 126 valence electrons. The molecule has 3 N–H and O–H groups in total. The first-order valence-corrected chi connectivity index (χ1v) is 8.14. The number of rotatable bonds is 8. The van der Waals surface area contributed by atoms with E-state index >= 15 is 0 Å². The van der Waals surface area contributed by atoms with Crippen molar-refractivity contribution >= 4 is 11.8 Å². The Morgan fingerprint density at radius 3 is 2.65 bits per heavy atom. The number of hydrogen-bond acceptors (Lipinski definition) is 4. The molecule has 0 spiro atoms. The molecule has 0 bridgehead atoms. The molecule has 0 aliphatic carbocycles.